The molecule has 1 aromatic heterocycles. The topological polar surface area (TPSA) is 56.0 Å². The summed E-state index contributed by atoms with van der Waals surface area (Å²) in [6.07, 6.45) is 2.65. The summed E-state index contributed by atoms with van der Waals surface area (Å²) in [7, 11) is 0. The molecule has 4 heteroatoms. The van der Waals surface area contributed by atoms with E-state index in [4.69, 9.17) is 0 Å². The Balaban J connectivity index is 2.15. The van der Waals surface area contributed by atoms with Crippen LogP contribution in [0.4, 0.5) is 0 Å². The van der Waals surface area contributed by atoms with Gasteiger partial charge in [0, 0.05) is 11.8 Å². The highest BCUT2D eigenvalue weighted by molar-refractivity contribution is 5.85. The molecule has 70 valence electrons. The first-order valence-corrected chi connectivity index (χ1v) is 4.43. The fraction of sp³-hybridized carbons (Fsp3) is 0.667. The Bertz CT molecular complexity index is 339. The molecule has 0 amide bonds. The van der Waals surface area contributed by atoms with E-state index in [9.17, 15) is 4.79 Å². The molecule has 0 atom stereocenters. The average molecular weight is 180 g/mol. The van der Waals surface area contributed by atoms with Gasteiger partial charge in [-0.05, 0) is 26.7 Å². The van der Waals surface area contributed by atoms with Crippen LogP contribution in [-0.2, 0) is 11.2 Å². The lowest BCUT2D eigenvalue weighted by atomic mass is 9.95. The lowest BCUT2D eigenvalue weighted by Gasteiger charge is -2.07. The summed E-state index contributed by atoms with van der Waals surface area (Å²) in [4.78, 5) is 11.3. The summed E-state index contributed by atoms with van der Waals surface area (Å²) in [6, 6.07) is 0. The van der Waals surface area contributed by atoms with E-state index >= 15 is 0 Å². The van der Waals surface area contributed by atoms with Crippen molar-refractivity contribution in [2.24, 2.45) is 5.41 Å². The van der Waals surface area contributed by atoms with Crippen molar-refractivity contribution in [3.8, 4) is 0 Å². The molecular weight excluding hydrogens is 168 g/mol. The van der Waals surface area contributed by atoms with E-state index in [0.29, 0.717) is 6.42 Å². The minimum atomic E-state index is -0.136. The van der Waals surface area contributed by atoms with Crippen molar-refractivity contribution in [1.29, 1.82) is 0 Å². The fourth-order valence-electron chi connectivity index (χ4n) is 1.53. The van der Waals surface area contributed by atoms with Crippen LogP contribution in [0.1, 0.15) is 31.2 Å². The monoisotopic (exact) mass is 180 g/mol. The van der Waals surface area contributed by atoms with Gasteiger partial charge in [0.1, 0.15) is 17.2 Å². The van der Waals surface area contributed by atoms with Gasteiger partial charge in [0.25, 0.3) is 0 Å². The maximum absolute atomic E-state index is 11.3. The van der Waals surface area contributed by atoms with E-state index in [1.807, 2.05) is 6.92 Å². The van der Waals surface area contributed by atoms with Crippen LogP contribution in [0.25, 0.3) is 0 Å². The van der Waals surface area contributed by atoms with Crippen LogP contribution >= 0.6 is 0 Å². The van der Waals surface area contributed by atoms with Gasteiger partial charge in [-0.2, -0.15) is 0 Å². The smallest absolute Gasteiger partial charge is 0.136 e. The Morgan fingerprint density at radius 1 is 1.54 bits per heavy atom. The Kier molecular flexibility index (Phi) is 1.71. The number of carbonyl (C=O) groups is 1. The average Bonchev–Trinajstić information content (AvgIpc) is 2.74. The lowest BCUT2D eigenvalue weighted by Crippen LogP contribution is -2.15. The van der Waals surface area contributed by atoms with Crippen molar-refractivity contribution in [3.63, 3.8) is 0 Å². The zero-order valence-corrected chi connectivity index (χ0v) is 7.83. The second kappa shape index (κ2) is 2.65. The van der Waals surface area contributed by atoms with Crippen LogP contribution in [0, 0.1) is 12.3 Å². The van der Waals surface area contributed by atoms with Crippen LogP contribution < -0.4 is 0 Å². The van der Waals surface area contributed by atoms with E-state index in [2.05, 4.69) is 14.9 Å². The summed E-state index contributed by atoms with van der Waals surface area (Å²) >= 11 is 0. The number of Topliss-reactive ketones (excluding diaryl/α,β-unsaturated/α-hetero) is 1. The Morgan fingerprint density at radius 3 is 2.62 bits per heavy atom. The summed E-state index contributed by atoms with van der Waals surface area (Å²) in [5.74, 6) is 0.259. The molecule has 0 N–H and O–H groups in total. The molecule has 1 aliphatic carbocycles. The van der Waals surface area contributed by atoms with Crippen LogP contribution in [0.2, 0.25) is 0 Å². The molecule has 1 heterocycles. The lowest BCUT2D eigenvalue weighted by molar-refractivity contribution is -0.122. The maximum Gasteiger partial charge on any atom is 0.136 e. The second-order valence-electron chi connectivity index (χ2n) is 3.81. The van der Waals surface area contributed by atoms with Crippen molar-refractivity contribution < 1.29 is 9.42 Å². The fourth-order valence-corrected chi connectivity index (χ4v) is 1.53. The molecule has 13 heavy (non-hydrogen) atoms. The van der Waals surface area contributed by atoms with Gasteiger partial charge in [-0.25, -0.2) is 4.63 Å². The number of aromatic nitrogens is 2. The number of hydrogen-bond acceptors (Lipinski definition) is 4. The number of nitrogens with zero attached hydrogens (tertiary/aromatic N) is 2. The highest BCUT2D eigenvalue weighted by Crippen LogP contribution is 2.49. The van der Waals surface area contributed by atoms with Gasteiger partial charge in [-0.3, -0.25) is 4.79 Å². The number of rotatable bonds is 3. The predicted octanol–water partition coefficient (Wildman–Crippen LogP) is 1.29. The molecule has 0 unspecified atom stereocenters. The number of ketones is 1. The molecule has 1 saturated carbocycles. The number of aryl methyl sites for hydroxylation is 1. The third-order valence-electron chi connectivity index (χ3n) is 2.85. The maximum atomic E-state index is 11.3. The predicted molar refractivity (Wildman–Crippen MR) is 45.1 cm³/mol. The van der Waals surface area contributed by atoms with Gasteiger partial charge in [0.15, 0.2) is 0 Å². The van der Waals surface area contributed by atoms with E-state index in [1.54, 1.807) is 6.92 Å². The quantitative estimate of drug-likeness (QED) is 0.703. The number of carbonyl (C=O) groups excluding carboxylic acids is 1. The molecule has 0 radical (unpaired) electrons. The van der Waals surface area contributed by atoms with E-state index in [0.717, 1.165) is 24.2 Å². The van der Waals surface area contributed by atoms with Gasteiger partial charge in [-0.15, -0.1) is 0 Å². The highest BCUT2D eigenvalue weighted by Gasteiger charge is 2.48. The molecule has 2 rings (SSSR count). The minimum absolute atomic E-state index is 0.136. The van der Waals surface area contributed by atoms with Gasteiger partial charge < -0.3 is 0 Å². The Labute approximate surface area is 76.3 Å². The van der Waals surface area contributed by atoms with E-state index in [1.165, 1.54) is 0 Å². The summed E-state index contributed by atoms with van der Waals surface area (Å²) in [5, 5.41) is 7.48. The number of hydrogen-bond donors (Lipinski definition) is 0. The molecule has 0 spiro atoms. The van der Waals surface area contributed by atoms with Crippen molar-refractivity contribution in [3.05, 3.63) is 11.4 Å². The van der Waals surface area contributed by atoms with E-state index < -0.39 is 0 Å². The zero-order chi connectivity index (χ0) is 9.47. The van der Waals surface area contributed by atoms with Gasteiger partial charge in [0.2, 0.25) is 0 Å². The molecule has 0 aliphatic heterocycles. The molecule has 1 fully saturated rings. The Hall–Kier alpha value is -1.19. The van der Waals surface area contributed by atoms with Crippen molar-refractivity contribution in [2.45, 2.75) is 33.1 Å². The first-order chi connectivity index (χ1) is 6.14. The SMILES string of the molecule is CC(=O)C1(Cc2nonc2C)CC1. The summed E-state index contributed by atoms with van der Waals surface area (Å²) in [5.41, 5.74) is 1.49. The van der Waals surface area contributed by atoms with Crippen LogP contribution in [0.3, 0.4) is 0 Å². The molecule has 0 aromatic carbocycles. The first kappa shape index (κ1) is 8.41. The highest BCUT2D eigenvalue weighted by atomic mass is 16.6. The normalized spacial score (nSPS) is 18.6. The molecule has 0 bridgehead atoms. The standard InChI is InChI=1S/C9H12N2O2/c1-6-8(11-13-10-6)5-9(3-4-9)7(2)12/h3-5H2,1-2H3. The zero-order valence-electron chi connectivity index (χ0n) is 7.83. The van der Waals surface area contributed by atoms with Crippen molar-refractivity contribution in [2.75, 3.05) is 0 Å². The molecule has 1 aromatic rings. The van der Waals surface area contributed by atoms with Crippen LogP contribution in [0.15, 0.2) is 4.63 Å². The molecule has 0 saturated heterocycles. The molecule has 1 aliphatic rings. The first-order valence-electron chi connectivity index (χ1n) is 4.43. The third-order valence-corrected chi connectivity index (χ3v) is 2.85. The molecular formula is C9H12N2O2. The summed E-state index contributed by atoms with van der Waals surface area (Å²) < 4.78 is 4.59. The Morgan fingerprint density at radius 2 is 2.23 bits per heavy atom. The minimum Gasteiger partial charge on any atom is -0.299 e. The van der Waals surface area contributed by atoms with E-state index in [-0.39, 0.29) is 11.2 Å². The largest absolute Gasteiger partial charge is 0.299 e. The second-order valence-corrected chi connectivity index (χ2v) is 3.81. The van der Waals surface area contributed by atoms with Gasteiger partial charge >= 0.3 is 0 Å². The van der Waals surface area contributed by atoms with Gasteiger partial charge in [0.05, 0.1) is 0 Å². The summed E-state index contributed by atoms with van der Waals surface area (Å²) in [6.45, 7) is 3.50. The molecule has 4 nitrogen and oxygen atoms in total. The van der Waals surface area contributed by atoms with Crippen molar-refractivity contribution in [1.82, 2.24) is 10.3 Å². The van der Waals surface area contributed by atoms with Crippen LogP contribution in [0.5, 0.6) is 0 Å². The third kappa shape index (κ3) is 1.36. The van der Waals surface area contributed by atoms with Gasteiger partial charge in [-0.1, -0.05) is 10.3 Å². The van der Waals surface area contributed by atoms with Crippen molar-refractivity contribution >= 4 is 5.78 Å². The van der Waals surface area contributed by atoms with Crippen LogP contribution in [-0.4, -0.2) is 16.1 Å².